The Bertz CT molecular complexity index is 1260. The molecule has 7 nitrogen and oxygen atoms in total. The maximum Gasteiger partial charge on any atom is 0.269 e. The van der Waals surface area contributed by atoms with Gasteiger partial charge in [0.1, 0.15) is 18.2 Å². The van der Waals surface area contributed by atoms with Gasteiger partial charge in [0, 0.05) is 30.0 Å². The molecule has 1 N–H and O–H groups in total. The van der Waals surface area contributed by atoms with Crippen LogP contribution in [0.25, 0.3) is 11.8 Å². The Hall–Kier alpha value is -3.79. The van der Waals surface area contributed by atoms with Crippen LogP contribution in [0.4, 0.5) is 13.2 Å². The Labute approximate surface area is 193 Å². The molecule has 2 aromatic carbocycles. The summed E-state index contributed by atoms with van der Waals surface area (Å²) in [6.07, 6.45) is 6.08. The first-order valence-corrected chi connectivity index (χ1v) is 10.5. The summed E-state index contributed by atoms with van der Waals surface area (Å²) in [5.41, 5.74) is 0.258. The van der Waals surface area contributed by atoms with Gasteiger partial charge < -0.3 is 24.1 Å². The number of alkyl halides is 2. The topological polar surface area (TPSA) is 72.1 Å². The number of aliphatic hydroxyl groups is 1. The van der Waals surface area contributed by atoms with E-state index in [-0.39, 0.29) is 11.4 Å². The van der Waals surface area contributed by atoms with Crippen molar-refractivity contribution >= 4 is 11.9 Å². The van der Waals surface area contributed by atoms with E-state index in [0.29, 0.717) is 16.9 Å². The van der Waals surface area contributed by atoms with Crippen molar-refractivity contribution in [1.29, 1.82) is 0 Å². The molecule has 0 spiro atoms. The molecule has 3 heterocycles. The Kier molecular flexibility index (Phi) is 5.32. The molecule has 0 bridgehead atoms. The number of halogens is 3. The van der Waals surface area contributed by atoms with Crippen LogP contribution in [0, 0.1) is 5.82 Å². The van der Waals surface area contributed by atoms with Gasteiger partial charge in [0.2, 0.25) is 0 Å². The van der Waals surface area contributed by atoms with Crippen LogP contribution >= 0.6 is 0 Å². The molecular weight excluding hydrogens is 449 g/mol. The monoisotopic (exact) mass is 470 g/mol. The van der Waals surface area contributed by atoms with E-state index in [0.717, 1.165) is 5.69 Å². The number of hydrogen-bond acceptors (Lipinski definition) is 6. The predicted molar refractivity (Wildman–Crippen MR) is 118 cm³/mol. The molecule has 0 amide bonds. The number of hydrogen-bond donors (Lipinski definition) is 1. The van der Waals surface area contributed by atoms with Gasteiger partial charge in [-0.05, 0) is 48.0 Å². The van der Waals surface area contributed by atoms with Gasteiger partial charge in [0.25, 0.3) is 11.6 Å². The van der Waals surface area contributed by atoms with Crippen molar-refractivity contribution < 1.29 is 27.9 Å². The number of ether oxygens (including phenoxy) is 1. The zero-order valence-corrected chi connectivity index (χ0v) is 18.2. The molecular formula is C24H21F3N4O3. The highest BCUT2D eigenvalue weighted by atomic mass is 19.3. The van der Waals surface area contributed by atoms with Crippen molar-refractivity contribution in [2.24, 2.45) is 5.16 Å². The first kappa shape index (κ1) is 22.0. The fraction of sp³-hybridized carbons (Fsp3) is 0.250. The standard InChI is InChI=1S/C24H21F3N4O3/c1-33-21-11-16(2-7-20(21)30-9-8-28-15-30)10-17-12-23(26,27)13-31-22(17)29-34-24(31,14-32)18-3-5-19(25)6-4-18/h2-11,15,32H,12-14H2,1H3/b17-10+/t24-/m1/s1. The van der Waals surface area contributed by atoms with Crippen molar-refractivity contribution in [3.8, 4) is 11.4 Å². The molecule has 0 unspecified atom stereocenters. The molecule has 1 fully saturated rings. The first-order valence-electron chi connectivity index (χ1n) is 10.5. The number of rotatable bonds is 5. The van der Waals surface area contributed by atoms with Crippen LogP contribution in [0.5, 0.6) is 5.75 Å². The van der Waals surface area contributed by atoms with Gasteiger partial charge in [-0.2, -0.15) is 0 Å². The number of aromatic nitrogens is 2. The quantitative estimate of drug-likeness (QED) is 0.612. The first-order chi connectivity index (χ1) is 16.3. The predicted octanol–water partition coefficient (Wildman–Crippen LogP) is 3.93. The van der Waals surface area contributed by atoms with E-state index in [2.05, 4.69) is 10.1 Å². The lowest BCUT2D eigenvalue weighted by atomic mass is 9.93. The molecule has 2 aliphatic heterocycles. The minimum absolute atomic E-state index is 0.196. The summed E-state index contributed by atoms with van der Waals surface area (Å²) >= 11 is 0. The van der Waals surface area contributed by atoms with Crippen LogP contribution in [0.15, 0.2) is 71.9 Å². The zero-order valence-electron chi connectivity index (χ0n) is 18.2. The summed E-state index contributed by atoms with van der Waals surface area (Å²) in [6.45, 7) is -1.35. The second-order valence-corrected chi connectivity index (χ2v) is 8.15. The molecule has 2 aliphatic rings. The lowest BCUT2D eigenvalue weighted by Crippen LogP contribution is -2.56. The summed E-state index contributed by atoms with van der Waals surface area (Å²) in [7, 11) is 1.52. The normalized spacial score (nSPS) is 22.3. The van der Waals surface area contributed by atoms with E-state index in [1.807, 2.05) is 0 Å². The van der Waals surface area contributed by atoms with Gasteiger partial charge in [-0.3, -0.25) is 0 Å². The third kappa shape index (κ3) is 3.69. The summed E-state index contributed by atoms with van der Waals surface area (Å²) < 4.78 is 50.5. The zero-order chi connectivity index (χ0) is 23.9. The second-order valence-electron chi connectivity index (χ2n) is 8.15. The fourth-order valence-corrected chi connectivity index (χ4v) is 4.31. The van der Waals surface area contributed by atoms with Crippen molar-refractivity contribution in [3.63, 3.8) is 0 Å². The Balaban J connectivity index is 1.54. The average Bonchev–Trinajstić information content (AvgIpc) is 3.48. The number of methoxy groups -OCH3 is 1. The number of amidine groups is 1. The van der Waals surface area contributed by atoms with Gasteiger partial charge in [-0.15, -0.1) is 0 Å². The van der Waals surface area contributed by atoms with Crippen LogP contribution in [0.2, 0.25) is 0 Å². The minimum Gasteiger partial charge on any atom is -0.495 e. The number of fused-ring (bicyclic) bond motifs is 1. The smallest absolute Gasteiger partial charge is 0.269 e. The minimum atomic E-state index is -3.11. The van der Waals surface area contributed by atoms with E-state index in [1.54, 1.807) is 47.6 Å². The fourth-order valence-electron chi connectivity index (χ4n) is 4.31. The van der Waals surface area contributed by atoms with Gasteiger partial charge in [-0.1, -0.05) is 11.2 Å². The third-order valence-corrected chi connectivity index (χ3v) is 5.94. The van der Waals surface area contributed by atoms with Crippen LogP contribution in [-0.4, -0.2) is 51.6 Å². The van der Waals surface area contributed by atoms with Gasteiger partial charge in [-0.25, -0.2) is 18.2 Å². The molecule has 0 radical (unpaired) electrons. The number of oxime groups is 1. The molecule has 176 valence electrons. The summed E-state index contributed by atoms with van der Waals surface area (Å²) in [5, 5.41) is 14.3. The van der Waals surface area contributed by atoms with Crippen molar-refractivity contribution in [1.82, 2.24) is 14.5 Å². The Morgan fingerprint density at radius 3 is 2.68 bits per heavy atom. The van der Waals surface area contributed by atoms with Crippen LogP contribution in [0.3, 0.4) is 0 Å². The van der Waals surface area contributed by atoms with Gasteiger partial charge in [0.05, 0.1) is 25.7 Å². The molecule has 34 heavy (non-hydrogen) atoms. The number of aliphatic hydroxyl groups excluding tert-OH is 1. The van der Waals surface area contributed by atoms with Gasteiger partial charge in [0.15, 0.2) is 5.84 Å². The third-order valence-electron chi connectivity index (χ3n) is 5.94. The SMILES string of the molecule is COc1cc(/C=C2\CC(F)(F)CN3C2=NO[C@]3(CO)c2ccc(F)cc2)ccc1-n1ccnc1. The molecule has 0 saturated carbocycles. The molecule has 5 rings (SSSR count). The van der Waals surface area contributed by atoms with E-state index in [1.165, 1.54) is 36.3 Å². The molecule has 1 saturated heterocycles. The van der Waals surface area contributed by atoms with E-state index in [9.17, 15) is 18.3 Å². The molecule has 1 aromatic heterocycles. The number of piperidine rings is 1. The van der Waals surface area contributed by atoms with Crippen LogP contribution in [-0.2, 0) is 10.6 Å². The lowest BCUT2D eigenvalue weighted by Gasteiger charge is -2.41. The molecule has 10 heteroatoms. The molecule has 1 atom stereocenters. The van der Waals surface area contributed by atoms with Crippen LogP contribution in [0.1, 0.15) is 17.5 Å². The number of imidazole rings is 1. The Morgan fingerprint density at radius 2 is 2.00 bits per heavy atom. The van der Waals surface area contributed by atoms with Crippen LogP contribution < -0.4 is 4.74 Å². The highest BCUT2D eigenvalue weighted by Crippen LogP contribution is 2.44. The summed E-state index contributed by atoms with van der Waals surface area (Å²) in [4.78, 5) is 10.8. The Morgan fingerprint density at radius 1 is 1.21 bits per heavy atom. The second kappa shape index (κ2) is 8.21. The highest BCUT2D eigenvalue weighted by Gasteiger charge is 2.55. The van der Waals surface area contributed by atoms with Crippen molar-refractivity contribution in [2.45, 2.75) is 18.1 Å². The average molecular weight is 470 g/mol. The largest absolute Gasteiger partial charge is 0.495 e. The highest BCUT2D eigenvalue weighted by molar-refractivity contribution is 6.04. The molecule has 3 aromatic rings. The van der Waals surface area contributed by atoms with Crippen molar-refractivity contribution in [2.75, 3.05) is 20.3 Å². The van der Waals surface area contributed by atoms with E-state index >= 15 is 0 Å². The number of nitrogens with zero attached hydrogens (tertiary/aromatic N) is 4. The maximum atomic E-state index is 14.9. The van der Waals surface area contributed by atoms with Gasteiger partial charge >= 0.3 is 0 Å². The lowest BCUT2D eigenvalue weighted by molar-refractivity contribution is -0.160. The summed E-state index contributed by atoms with van der Waals surface area (Å²) in [6, 6.07) is 10.4. The van der Waals surface area contributed by atoms with Crippen molar-refractivity contribution in [3.05, 3.63) is 83.7 Å². The van der Waals surface area contributed by atoms with E-state index in [4.69, 9.17) is 9.57 Å². The maximum absolute atomic E-state index is 14.9. The molecule has 0 aliphatic carbocycles. The van der Waals surface area contributed by atoms with E-state index < -0.39 is 37.0 Å². The summed E-state index contributed by atoms with van der Waals surface area (Å²) in [5.74, 6) is -2.87. The number of benzene rings is 2.